The Kier molecular flexibility index (Phi) is 6.87. The molecule has 0 aliphatic carbocycles. The van der Waals surface area contributed by atoms with Crippen LogP contribution in [-0.4, -0.2) is 70.9 Å². The number of benzene rings is 2. The number of hydrogen-bond donors (Lipinski definition) is 1. The highest BCUT2D eigenvalue weighted by Gasteiger charge is 2.46. The fourth-order valence-corrected chi connectivity index (χ4v) is 4.37. The van der Waals surface area contributed by atoms with Crippen molar-refractivity contribution in [2.75, 3.05) is 39.4 Å². The topological polar surface area (TPSA) is 113 Å². The fourth-order valence-electron chi connectivity index (χ4n) is 4.10. The van der Waals surface area contributed by atoms with Crippen LogP contribution in [0.2, 0.25) is 0 Å². The summed E-state index contributed by atoms with van der Waals surface area (Å²) in [6.07, 6.45) is 0. The van der Waals surface area contributed by atoms with Crippen LogP contribution >= 0.6 is 15.9 Å². The molecule has 4 rings (SSSR count). The smallest absolute Gasteiger partial charge is 0.295 e. The number of carbonyl (C=O) groups excluding carboxylic acids is 2. The molecule has 1 atom stereocenters. The summed E-state index contributed by atoms with van der Waals surface area (Å²) in [5.41, 5.74) is 0.531. The van der Waals surface area contributed by atoms with Crippen molar-refractivity contribution in [3.8, 4) is 0 Å². The molecule has 2 aliphatic heterocycles. The van der Waals surface area contributed by atoms with E-state index in [0.29, 0.717) is 44.0 Å². The zero-order valence-corrected chi connectivity index (χ0v) is 19.2. The summed E-state index contributed by atoms with van der Waals surface area (Å²) in [6.45, 7) is 3.36. The summed E-state index contributed by atoms with van der Waals surface area (Å²) < 4.78 is 6.15. The fraction of sp³-hybridized carbons (Fsp3) is 0.304. The van der Waals surface area contributed by atoms with Gasteiger partial charge >= 0.3 is 0 Å². The molecule has 33 heavy (non-hydrogen) atoms. The molecule has 0 radical (unpaired) electrons. The van der Waals surface area contributed by atoms with Crippen molar-refractivity contribution in [2.24, 2.45) is 0 Å². The second-order valence-corrected chi connectivity index (χ2v) is 8.72. The van der Waals surface area contributed by atoms with E-state index in [1.165, 1.54) is 23.1 Å². The molecule has 2 aromatic carbocycles. The highest BCUT2D eigenvalue weighted by atomic mass is 79.9. The standard InChI is InChI=1S/C23H22BrN3O6/c24-17-6-4-15(5-7-17)21(28)19-20(16-2-1-3-18(14-16)27(31)32)26(23(30)22(19)29)9-8-25-10-12-33-13-11-25/h1-7,14,20,28H,8-13H2/b21-19+/t20-/m0/s1. The predicted molar refractivity (Wildman–Crippen MR) is 124 cm³/mol. The molecule has 2 aromatic rings. The molecule has 0 aromatic heterocycles. The van der Waals surface area contributed by atoms with Crippen molar-refractivity contribution in [1.82, 2.24) is 9.80 Å². The number of amides is 1. The summed E-state index contributed by atoms with van der Waals surface area (Å²) in [7, 11) is 0. The molecule has 0 saturated carbocycles. The molecule has 0 spiro atoms. The molecular weight excluding hydrogens is 494 g/mol. The maximum absolute atomic E-state index is 13.1. The van der Waals surface area contributed by atoms with Crippen LogP contribution in [0.25, 0.3) is 5.76 Å². The molecular formula is C23H22BrN3O6. The quantitative estimate of drug-likeness (QED) is 0.206. The van der Waals surface area contributed by atoms with Crippen LogP contribution in [0.5, 0.6) is 0 Å². The van der Waals surface area contributed by atoms with E-state index in [1.807, 2.05) is 0 Å². The van der Waals surface area contributed by atoms with E-state index in [0.717, 1.165) is 4.47 Å². The number of hydrogen-bond acceptors (Lipinski definition) is 7. The summed E-state index contributed by atoms with van der Waals surface area (Å²) >= 11 is 3.33. The zero-order chi connectivity index (χ0) is 23.5. The highest BCUT2D eigenvalue weighted by molar-refractivity contribution is 9.10. The maximum Gasteiger partial charge on any atom is 0.295 e. The molecule has 2 aliphatic rings. The SMILES string of the molecule is O=C1C(=O)N(CCN2CCOCC2)[C@@H](c2cccc([N+](=O)[O-])c2)/C1=C(\O)c1ccc(Br)cc1. The summed E-state index contributed by atoms with van der Waals surface area (Å²) in [4.78, 5) is 40.4. The van der Waals surface area contributed by atoms with Crippen LogP contribution in [0.15, 0.2) is 58.6 Å². The van der Waals surface area contributed by atoms with Gasteiger partial charge in [0.1, 0.15) is 5.76 Å². The van der Waals surface area contributed by atoms with Gasteiger partial charge in [0.05, 0.1) is 29.8 Å². The summed E-state index contributed by atoms with van der Waals surface area (Å²) in [6, 6.07) is 11.6. The number of rotatable bonds is 6. The van der Waals surface area contributed by atoms with E-state index in [-0.39, 0.29) is 23.6 Å². The lowest BCUT2D eigenvalue weighted by Crippen LogP contribution is -2.42. The van der Waals surface area contributed by atoms with E-state index in [9.17, 15) is 24.8 Å². The number of Topliss-reactive ketones (excluding diaryl/α,β-unsaturated/α-hetero) is 1. The van der Waals surface area contributed by atoms with Crippen molar-refractivity contribution in [3.63, 3.8) is 0 Å². The lowest BCUT2D eigenvalue weighted by atomic mass is 9.95. The van der Waals surface area contributed by atoms with Gasteiger partial charge in [0.25, 0.3) is 17.4 Å². The number of likely N-dealkylation sites (tertiary alicyclic amines) is 1. The van der Waals surface area contributed by atoms with E-state index in [1.54, 1.807) is 30.3 Å². The number of nitro benzene ring substituents is 1. The Balaban J connectivity index is 1.77. The van der Waals surface area contributed by atoms with E-state index < -0.39 is 22.7 Å². The number of nitrogens with zero attached hydrogens (tertiary/aromatic N) is 3. The molecule has 0 bridgehead atoms. The minimum Gasteiger partial charge on any atom is -0.507 e. The Labute approximate surface area is 198 Å². The second kappa shape index (κ2) is 9.82. The first kappa shape index (κ1) is 23.1. The number of ether oxygens (including phenoxy) is 1. The lowest BCUT2D eigenvalue weighted by Gasteiger charge is -2.31. The Bertz CT molecular complexity index is 1110. The molecule has 10 heteroatoms. The largest absolute Gasteiger partial charge is 0.507 e. The van der Waals surface area contributed by atoms with Crippen LogP contribution in [0.1, 0.15) is 17.2 Å². The van der Waals surface area contributed by atoms with E-state index >= 15 is 0 Å². The number of aliphatic hydroxyl groups is 1. The molecule has 2 fully saturated rings. The molecule has 0 unspecified atom stereocenters. The maximum atomic E-state index is 13.1. The molecule has 172 valence electrons. The van der Waals surface area contributed by atoms with Crippen molar-refractivity contribution < 1.29 is 24.4 Å². The number of non-ortho nitro benzene ring substituents is 1. The van der Waals surface area contributed by atoms with Gasteiger partial charge in [-0.15, -0.1) is 0 Å². The number of aliphatic hydroxyl groups excluding tert-OH is 1. The van der Waals surface area contributed by atoms with Gasteiger partial charge in [-0.1, -0.05) is 40.2 Å². The Morgan fingerprint density at radius 2 is 1.82 bits per heavy atom. The van der Waals surface area contributed by atoms with Crippen LogP contribution in [0.3, 0.4) is 0 Å². The Morgan fingerprint density at radius 1 is 1.12 bits per heavy atom. The van der Waals surface area contributed by atoms with Gasteiger partial charge in [-0.05, 0) is 17.7 Å². The molecule has 2 heterocycles. The van der Waals surface area contributed by atoms with Gasteiger partial charge in [0.2, 0.25) is 0 Å². The molecule has 2 saturated heterocycles. The van der Waals surface area contributed by atoms with Crippen molar-refractivity contribution in [1.29, 1.82) is 0 Å². The number of morpholine rings is 1. The number of nitro groups is 1. The summed E-state index contributed by atoms with van der Waals surface area (Å²) in [5.74, 6) is -1.86. The number of carbonyl (C=O) groups is 2. The first-order valence-electron chi connectivity index (χ1n) is 10.5. The van der Waals surface area contributed by atoms with E-state index in [2.05, 4.69) is 20.8 Å². The van der Waals surface area contributed by atoms with Crippen LogP contribution in [0.4, 0.5) is 5.69 Å². The van der Waals surface area contributed by atoms with Gasteiger partial charge in [0, 0.05) is 48.3 Å². The van der Waals surface area contributed by atoms with Crippen molar-refractivity contribution >= 4 is 39.1 Å². The minimum atomic E-state index is -0.936. The van der Waals surface area contributed by atoms with Crippen LogP contribution in [-0.2, 0) is 14.3 Å². The third-order valence-electron chi connectivity index (χ3n) is 5.82. The van der Waals surface area contributed by atoms with Gasteiger partial charge in [-0.3, -0.25) is 24.6 Å². The van der Waals surface area contributed by atoms with Gasteiger partial charge in [-0.25, -0.2) is 0 Å². The average Bonchev–Trinajstić information content (AvgIpc) is 3.08. The molecule has 9 nitrogen and oxygen atoms in total. The van der Waals surface area contributed by atoms with Gasteiger partial charge in [-0.2, -0.15) is 0 Å². The number of ketones is 1. The predicted octanol–water partition coefficient (Wildman–Crippen LogP) is 3.11. The second-order valence-electron chi connectivity index (χ2n) is 7.81. The van der Waals surface area contributed by atoms with E-state index in [4.69, 9.17) is 4.74 Å². The minimum absolute atomic E-state index is 0.0789. The third kappa shape index (κ3) is 4.82. The van der Waals surface area contributed by atoms with Crippen LogP contribution < -0.4 is 0 Å². The van der Waals surface area contributed by atoms with Gasteiger partial charge in [0.15, 0.2) is 0 Å². The van der Waals surface area contributed by atoms with Crippen molar-refractivity contribution in [2.45, 2.75) is 6.04 Å². The van der Waals surface area contributed by atoms with Crippen molar-refractivity contribution in [3.05, 3.63) is 79.8 Å². The van der Waals surface area contributed by atoms with Gasteiger partial charge < -0.3 is 14.7 Å². The Hall–Kier alpha value is -3.08. The average molecular weight is 516 g/mol. The normalized spacial score (nSPS) is 20.9. The first-order chi connectivity index (χ1) is 15.9. The third-order valence-corrected chi connectivity index (χ3v) is 6.34. The monoisotopic (exact) mass is 515 g/mol. The highest BCUT2D eigenvalue weighted by Crippen LogP contribution is 2.40. The zero-order valence-electron chi connectivity index (χ0n) is 17.6. The summed E-state index contributed by atoms with van der Waals surface area (Å²) in [5, 5.41) is 22.4. The number of halogens is 1. The molecule has 1 amide bonds. The lowest BCUT2D eigenvalue weighted by molar-refractivity contribution is -0.384. The first-order valence-corrected chi connectivity index (χ1v) is 11.2. The van der Waals surface area contributed by atoms with Crippen LogP contribution in [0, 0.1) is 10.1 Å². The Morgan fingerprint density at radius 3 is 2.48 bits per heavy atom. The molecule has 1 N–H and O–H groups in total.